The lowest BCUT2D eigenvalue weighted by atomic mass is 10.1. The summed E-state index contributed by atoms with van der Waals surface area (Å²) in [5.41, 5.74) is 1.22. The van der Waals surface area contributed by atoms with E-state index in [9.17, 15) is 0 Å². The molecule has 0 unspecified atom stereocenters. The highest BCUT2D eigenvalue weighted by Crippen LogP contribution is 2.25. The number of anilines is 2. The van der Waals surface area contributed by atoms with Crippen molar-refractivity contribution in [1.29, 1.82) is 0 Å². The van der Waals surface area contributed by atoms with Crippen LogP contribution in [0.5, 0.6) is 0 Å². The average molecular weight is 293 g/mol. The van der Waals surface area contributed by atoms with Gasteiger partial charge in [0.2, 0.25) is 0 Å². The minimum atomic E-state index is 0.235. The van der Waals surface area contributed by atoms with Gasteiger partial charge in [-0.3, -0.25) is 4.90 Å². The van der Waals surface area contributed by atoms with E-state index in [0.717, 1.165) is 63.6 Å². The molecule has 0 amide bonds. The first-order chi connectivity index (χ1) is 10.3. The number of nitrogens with one attached hydrogen (secondary N) is 1. The Bertz CT molecular complexity index is 440. The van der Waals surface area contributed by atoms with Crippen LogP contribution in [0.4, 0.5) is 11.6 Å². The highest BCUT2D eigenvalue weighted by Gasteiger charge is 2.19. The highest BCUT2D eigenvalue weighted by atomic mass is 16.3. The van der Waals surface area contributed by atoms with Crippen LogP contribution in [0.3, 0.4) is 0 Å². The molecule has 0 radical (unpaired) electrons. The number of hydrogen-bond acceptors (Lipinski definition) is 6. The summed E-state index contributed by atoms with van der Waals surface area (Å²) in [6, 6.07) is 0. The molecule has 118 valence electrons. The summed E-state index contributed by atoms with van der Waals surface area (Å²) in [4.78, 5) is 13.6. The van der Waals surface area contributed by atoms with Crippen molar-refractivity contribution in [1.82, 2.24) is 14.9 Å². The third-order valence-corrected chi connectivity index (χ3v) is 3.96. The van der Waals surface area contributed by atoms with Crippen LogP contribution in [0.2, 0.25) is 0 Å². The first-order valence-electron chi connectivity index (χ1n) is 7.90. The fraction of sp³-hybridized carbons (Fsp3) is 0.733. The Morgan fingerprint density at radius 3 is 2.81 bits per heavy atom. The van der Waals surface area contributed by atoms with Crippen molar-refractivity contribution >= 4 is 11.6 Å². The van der Waals surface area contributed by atoms with Gasteiger partial charge in [0.25, 0.3) is 0 Å². The minimum absolute atomic E-state index is 0.235. The molecule has 1 aromatic heterocycles. The van der Waals surface area contributed by atoms with Crippen molar-refractivity contribution in [3.05, 3.63) is 11.9 Å². The molecule has 0 atom stereocenters. The van der Waals surface area contributed by atoms with E-state index >= 15 is 0 Å². The number of nitrogens with zero attached hydrogens (tertiary/aromatic N) is 4. The zero-order chi connectivity index (χ0) is 15.1. The Hall–Kier alpha value is -1.40. The number of aliphatic hydroxyl groups is 1. The van der Waals surface area contributed by atoms with Crippen molar-refractivity contribution in [2.75, 3.05) is 56.6 Å². The number of rotatable bonds is 6. The molecule has 21 heavy (non-hydrogen) atoms. The Labute approximate surface area is 127 Å². The lowest BCUT2D eigenvalue weighted by Crippen LogP contribution is -2.33. The van der Waals surface area contributed by atoms with Crippen molar-refractivity contribution < 1.29 is 5.11 Å². The maximum absolute atomic E-state index is 9.09. The van der Waals surface area contributed by atoms with Gasteiger partial charge in [0.05, 0.1) is 6.61 Å². The molecule has 2 heterocycles. The maximum Gasteiger partial charge on any atom is 0.137 e. The predicted octanol–water partition coefficient (Wildman–Crippen LogP) is 0.975. The third kappa shape index (κ3) is 4.04. The van der Waals surface area contributed by atoms with Gasteiger partial charge in [-0.1, -0.05) is 13.3 Å². The Morgan fingerprint density at radius 2 is 2.10 bits per heavy atom. The molecule has 1 fully saturated rings. The lowest BCUT2D eigenvalue weighted by Gasteiger charge is -2.25. The van der Waals surface area contributed by atoms with Crippen LogP contribution in [0.25, 0.3) is 0 Å². The van der Waals surface area contributed by atoms with Gasteiger partial charge < -0.3 is 15.3 Å². The number of β-amino-alcohol motifs (C(OH)–C–C–N with tert-alkyl or cyclic N) is 1. The molecule has 2 N–H and O–H groups in total. The molecule has 0 aromatic carbocycles. The second-order valence-electron chi connectivity index (χ2n) is 5.43. The fourth-order valence-electron chi connectivity index (χ4n) is 2.92. The van der Waals surface area contributed by atoms with Gasteiger partial charge in [-0.25, -0.2) is 9.97 Å². The maximum atomic E-state index is 9.09. The molecule has 1 aromatic rings. The van der Waals surface area contributed by atoms with Gasteiger partial charge in [-0.15, -0.1) is 0 Å². The molecule has 1 aliphatic rings. The summed E-state index contributed by atoms with van der Waals surface area (Å²) in [6.07, 6.45) is 4.82. The van der Waals surface area contributed by atoms with E-state index in [2.05, 4.69) is 32.0 Å². The van der Waals surface area contributed by atoms with E-state index < -0.39 is 0 Å². The van der Waals surface area contributed by atoms with Crippen molar-refractivity contribution in [3.63, 3.8) is 0 Å². The molecule has 0 aliphatic carbocycles. The standard InChI is InChI=1S/C15H27N5O/c1-3-5-13-14(16-2)17-12-18-15(13)20-7-4-6-19(8-9-20)10-11-21/h12,21H,3-11H2,1-2H3,(H,16,17,18). The average Bonchev–Trinajstić information content (AvgIpc) is 2.74. The molecule has 0 saturated carbocycles. The molecule has 0 spiro atoms. The second-order valence-corrected chi connectivity index (χ2v) is 5.43. The van der Waals surface area contributed by atoms with Crippen LogP contribution < -0.4 is 10.2 Å². The van der Waals surface area contributed by atoms with E-state index in [0.29, 0.717) is 0 Å². The summed E-state index contributed by atoms with van der Waals surface area (Å²) in [5.74, 6) is 2.01. The molecule has 1 saturated heterocycles. The quantitative estimate of drug-likeness (QED) is 0.815. The van der Waals surface area contributed by atoms with E-state index in [1.807, 2.05) is 7.05 Å². The molecular weight excluding hydrogens is 266 g/mol. The summed E-state index contributed by atoms with van der Waals surface area (Å²) in [7, 11) is 1.91. The zero-order valence-electron chi connectivity index (χ0n) is 13.2. The Kier molecular flexibility index (Phi) is 6.20. The monoisotopic (exact) mass is 293 g/mol. The van der Waals surface area contributed by atoms with Crippen LogP contribution in [0, 0.1) is 0 Å². The van der Waals surface area contributed by atoms with Crippen molar-refractivity contribution in [3.8, 4) is 0 Å². The normalized spacial score (nSPS) is 16.8. The van der Waals surface area contributed by atoms with Gasteiger partial charge in [-0.05, 0) is 19.4 Å². The molecule has 0 bridgehead atoms. The van der Waals surface area contributed by atoms with Gasteiger partial charge in [0.15, 0.2) is 0 Å². The first-order valence-corrected chi connectivity index (χ1v) is 7.90. The third-order valence-electron chi connectivity index (χ3n) is 3.96. The van der Waals surface area contributed by atoms with Gasteiger partial charge in [0, 0.05) is 38.8 Å². The largest absolute Gasteiger partial charge is 0.395 e. The molecule has 6 nitrogen and oxygen atoms in total. The lowest BCUT2D eigenvalue weighted by molar-refractivity contribution is 0.204. The molecule has 6 heteroatoms. The number of aliphatic hydroxyl groups excluding tert-OH is 1. The van der Waals surface area contributed by atoms with Crippen LogP contribution in [0.15, 0.2) is 6.33 Å². The minimum Gasteiger partial charge on any atom is -0.395 e. The Morgan fingerprint density at radius 1 is 1.24 bits per heavy atom. The molecular formula is C15H27N5O. The van der Waals surface area contributed by atoms with E-state index in [1.165, 1.54) is 5.56 Å². The van der Waals surface area contributed by atoms with Crippen LogP contribution >= 0.6 is 0 Å². The van der Waals surface area contributed by atoms with Crippen LogP contribution in [0.1, 0.15) is 25.3 Å². The van der Waals surface area contributed by atoms with E-state index in [1.54, 1.807) is 6.33 Å². The molecule has 2 rings (SSSR count). The number of hydrogen-bond donors (Lipinski definition) is 2. The van der Waals surface area contributed by atoms with E-state index in [4.69, 9.17) is 5.11 Å². The second kappa shape index (κ2) is 8.14. The van der Waals surface area contributed by atoms with Crippen LogP contribution in [-0.4, -0.2) is 66.4 Å². The summed E-state index contributed by atoms with van der Waals surface area (Å²) >= 11 is 0. The summed E-state index contributed by atoms with van der Waals surface area (Å²) in [6.45, 7) is 7.17. The van der Waals surface area contributed by atoms with Crippen molar-refractivity contribution in [2.24, 2.45) is 0 Å². The summed E-state index contributed by atoms with van der Waals surface area (Å²) in [5, 5.41) is 12.3. The fourth-order valence-corrected chi connectivity index (χ4v) is 2.92. The first kappa shape index (κ1) is 16.0. The SMILES string of the molecule is CCCc1c(NC)ncnc1N1CCCN(CCO)CC1. The van der Waals surface area contributed by atoms with Gasteiger partial charge in [-0.2, -0.15) is 0 Å². The zero-order valence-corrected chi connectivity index (χ0v) is 13.2. The van der Waals surface area contributed by atoms with Gasteiger partial charge in [0.1, 0.15) is 18.0 Å². The number of aromatic nitrogens is 2. The van der Waals surface area contributed by atoms with Crippen molar-refractivity contribution in [2.45, 2.75) is 26.2 Å². The topological polar surface area (TPSA) is 64.5 Å². The summed E-state index contributed by atoms with van der Waals surface area (Å²) < 4.78 is 0. The molecule has 1 aliphatic heterocycles. The predicted molar refractivity (Wildman–Crippen MR) is 85.9 cm³/mol. The van der Waals surface area contributed by atoms with Gasteiger partial charge >= 0.3 is 0 Å². The smallest absolute Gasteiger partial charge is 0.137 e. The van der Waals surface area contributed by atoms with E-state index in [-0.39, 0.29) is 6.61 Å². The van der Waals surface area contributed by atoms with Crippen LogP contribution in [-0.2, 0) is 6.42 Å². The Balaban J connectivity index is 2.17. The highest BCUT2D eigenvalue weighted by molar-refractivity contribution is 5.58.